The number of aliphatic carboxylic acids is 1. The van der Waals surface area contributed by atoms with Crippen LogP contribution in [0.1, 0.15) is 47.5 Å². The van der Waals surface area contributed by atoms with Gasteiger partial charge in [0.15, 0.2) is 0 Å². The predicted octanol–water partition coefficient (Wildman–Crippen LogP) is 1.97. The quantitative estimate of drug-likeness (QED) is 0.714. The summed E-state index contributed by atoms with van der Waals surface area (Å²) in [5.74, 6) is -0.711. The molecule has 0 atom stereocenters. The van der Waals surface area contributed by atoms with E-state index in [-0.39, 0.29) is 0 Å². The van der Waals surface area contributed by atoms with Gasteiger partial charge in [0.1, 0.15) is 0 Å². The summed E-state index contributed by atoms with van der Waals surface area (Å²) >= 11 is -0.684. The van der Waals surface area contributed by atoms with Crippen LogP contribution in [0.3, 0.4) is 0 Å². The lowest BCUT2D eigenvalue weighted by molar-refractivity contribution is -0.137. The Bertz CT molecular complexity index is 140. The van der Waals surface area contributed by atoms with Gasteiger partial charge < -0.3 is 12.7 Å². The number of carbonyl (C=O) groups is 1. The maximum absolute atomic E-state index is 9.60. The highest BCUT2D eigenvalue weighted by molar-refractivity contribution is 6.18. The van der Waals surface area contributed by atoms with Gasteiger partial charge >= 0.3 is 21.9 Å². The Balaban J connectivity index is 0. The Kier molecular flexibility index (Phi) is 13.9. The minimum Gasteiger partial charge on any atom is -0.481 e. The molecule has 15 heavy (non-hydrogen) atoms. The van der Waals surface area contributed by atoms with Gasteiger partial charge in [0.2, 0.25) is 0 Å². The smallest absolute Gasteiger partial charge is 0.481 e. The molecule has 0 bridgehead atoms. The third-order valence-electron chi connectivity index (χ3n) is 1.27. The zero-order chi connectivity index (χ0) is 12.3. The molecule has 0 heterocycles. The van der Waals surface area contributed by atoms with Gasteiger partial charge in [0.05, 0.1) is 0 Å². The molecular formula is C10H23AlO4. The van der Waals surface area contributed by atoms with Crippen LogP contribution in [0, 0.1) is 0 Å². The van der Waals surface area contributed by atoms with Crippen molar-refractivity contribution < 1.29 is 17.5 Å². The Labute approximate surface area is 99.3 Å². The molecule has 0 aliphatic heterocycles. The molecule has 0 fully saturated rings. The molecule has 0 saturated carbocycles. The van der Waals surface area contributed by atoms with Gasteiger partial charge in [-0.15, -0.1) is 0 Å². The van der Waals surface area contributed by atoms with E-state index >= 15 is 0 Å². The van der Waals surface area contributed by atoms with Gasteiger partial charge in [0.25, 0.3) is 0 Å². The van der Waals surface area contributed by atoms with Crippen molar-refractivity contribution in [3.8, 4) is 0 Å². The van der Waals surface area contributed by atoms with Crippen LogP contribution in [0.15, 0.2) is 0 Å². The SMILES string of the molecule is CC(C)[O][AlH][O]C(C)C.CCCC(=O)O. The van der Waals surface area contributed by atoms with E-state index in [1.165, 1.54) is 0 Å². The molecule has 0 aliphatic rings. The summed E-state index contributed by atoms with van der Waals surface area (Å²) in [4.78, 5) is 9.60. The predicted molar refractivity (Wildman–Crippen MR) is 62.1 cm³/mol. The van der Waals surface area contributed by atoms with Crippen LogP contribution in [0.25, 0.3) is 0 Å². The maximum Gasteiger partial charge on any atom is 0.650 e. The lowest BCUT2D eigenvalue weighted by Gasteiger charge is -2.09. The topological polar surface area (TPSA) is 55.8 Å². The van der Waals surface area contributed by atoms with E-state index in [1.807, 2.05) is 34.6 Å². The molecule has 0 aromatic carbocycles. The Morgan fingerprint density at radius 3 is 1.73 bits per heavy atom. The van der Waals surface area contributed by atoms with E-state index in [2.05, 4.69) is 0 Å². The fraction of sp³-hybridized carbons (Fsp3) is 0.900. The van der Waals surface area contributed by atoms with Gasteiger partial charge in [-0.3, -0.25) is 4.79 Å². The molecule has 4 nitrogen and oxygen atoms in total. The molecule has 0 unspecified atom stereocenters. The number of carboxylic acids is 1. The van der Waals surface area contributed by atoms with Crippen molar-refractivity contribution in [2.75, 3.05) is 0 Å². The summed E-state index contributed by atoms with van der Waals surface area (Å²) in [6.07, 6.45) is 1.68. The minimum atomic E-state index is -0.711. The maximum atomic E-state index is 9.60. The first kappa shape index (κ1) is 17.3. The summed E-state index contributed by atoms with van der Waals surface area (Å²) in [6, 6.07) is 0. The molecule has 0 saturated heterocycles. The molecule has 90 valence electrons. The monoisotopic (exact) mass is 234 g/mol. The number of hydrogen-bond acceptors (Lipinski definition) is 3. The molecule has 0 rings (SSSR count). The molecule has 5 heteroatoms. The van der Waals surface area contributed by atoms with Crippen LogP contribution in [0.2, 0.25) is 0 Å². The van der Waals surface area contributed by atoms with Crippen LogP contribution in [-0.4, -0.2) is 39.2 Å². The highest BCUT2D eigenvalue weighted by Crippen LogP contribution is 1.89. The lowest BCUT2D eigenvalue weighted by atomic mass is 10.4. The van der Waals surface area contributed by atoms with Crippen molar-refractivity contribution in [1.29, 1.82) is 0 Å². The van der Waals surface area contributed by atoms with Crippen LogP contribution in [-0.2, 0) is 12.4 Å². The van der Waals surface area contributed by atoms with Gasteiger partial charge in [-0.1, -0.05) is 6.92 Å². The summed E-state index contributed by atoms with van der Waals surface area (Å²) in [5, 5.41) is 7.91. The summed E-state index contributed by atoms with van der Waals surface area (Å²) in [7, 11) is 0. The Morgan fingerprint density at radius 1 is 1.20 bits per heavy atom. The normalized spacial score (nSPS) is 9.80. The standard InChI is InChI=1S/C4H8O2.2C3H7O.Al.H/c1-2-3-4(5)6;2*1-3(2)4;;/h2-3H2,1H3,(H,5,6);2*3H,1-2H3;;/q;2*-1;+2;. The van der Waals surface area contributed by atoms with E-state index < -0.39 is 21.9 Å². The number of hydrogen-bond donors (Lipinski definition) is 1. The molecule has 0 amide bonds. The van der Waals surface area contributed by atoms with Crippen LogP contribution in [0.4, 0.5) is 0 Å². The highest BCUT2D eigenvalue weighted by Gasteiger charge is 2.01. The second-order valence-corrected chi connectivity index (χ2v) is 4.59. The van der Waals surface area contributed by atoms with Crippen molar-refractivity contribution >= 4 is 21.9 Å². The van der Waals surface area contributed by atoms with E-state index in [9.17, 15) is 4.79 Å². The van der Waals surface area contributed by atoms with Crippen LogP contribution in [0.5, 0.6) is 0 Å². The van der Waals surface area contributed by atoms with Crippen molar-refractivity contribution in [1.82, 2.24) is 0 Å². The second-order valence-electron chi connectivity index (χ2n) is 3.69. The first-order valence-corrected chi connectivity index (χ1v) is 6.50. The summed E-state index contributed by atoms with van der Waals surface area (Å²) in [6.45, 7) is 9.94. The van der Waals surface area contributed by atoms with E-state index in [0.29, 0.717) is 18.6 Å². The largest absolute Gasteiger partial charge is 0.650 e. The summed E-state index contributed by atoms with van der Waals surface area (Å²) in [5.41, 5.74) is 0. The zero-order valence-electron chi connectivity index (χ0n) is 10.4. The van der Waals surface area contributed by atoms with Crippen molar-refractivity contribution in [3.05, 3.63) is 0 Å². The first-order valence-electron chi connectivity index (χ1n) is 5.35. The average molecular weight is 234 g/mol. The van der Waals surface area contributed by atoms with Gasteiger partial charge in [0, 0.05) is 18.6 Å². The number of carboxylic acid groups (broad SMARTS) is 1. The molecule has 0 aromatic rings. The second kappa shape index (κ2) is 12.0. The van der Waals surface area contributed by atoms with Gasteiger partial charge in [-0.25, -0.2) is 0 Å². The molecule has 0 radical (unpaired) electrons. The zero-order valence-corrected chi connectivity index (χ0v) is 11.9. The fourth-order valence-corrected chi connectivity index (χ4v) is 1.15. The van der Waals surface area contributed by atoms with Crippen molar-refractivity contribution in [2.24, 2.45) is 0 Å². The summed E-state index contributed by atoms with van der Waals surface area (Å²) < 4.78 is 10.5. The third-order valence-corrected chi connectivity index (χ3v) is 2.87. The fourth-order valence-electron chi connectivity index (χ4n) is 0.525. The highest BCUT2D eigenvalue weighted by atomic mass is 27.2. The third kappa shape index (κ3) is 24.9. The molecule has 0 spiro atoms. The lowest BCUT2D eigenvalue weighted by Crippen LogP contribution is -2.14. The molecule has 0 aromatic heterocycles. The van der Waals surface area contributed by atoms with Gasteiger partial charge in [-0.05, 0) is 34.1 Å². The van der Waals surface area contributed by atoms with E-state index in [0.717, 1.165) is 6.42 Å². The number of rotatable bonds is 6. The van der Waals surface area contributed by atoms with Crippen LogP contribution < -0.4 is 0 Å². The first-order chi connectivity index (χ1) is 6.90. The minimum absolute atomic E-state index is 0.292. The van der Waals surface area contributed by atoms with Crippen molar-refractivity contribution in [2.45, 2.75) is 59.7 Å². The average Bonchev–Trinajstić information content (AvgIpc) is 2.03. The van der Waals surface area contributed by atoms with E-state index in [4.69, 9.17) is 12.7 Å². The van der Waals surface area contributed by atoms with Gasteiger partial charge in [-0.2, -0.15) is 0 Å². The molecule has 0 aliphatic carbocycles. The van der Waals surface area contributed by atoms with E-state index in [1.54, 1.807) is 0 Å². The molecular weight excluding hydrogens is 211 g/mol. The Morgan fingerprint density at radius 2 is 1.60 bits per heavy atom. The Hall–Kier alpha value is -0.0775. The van der Waals surface area contributed by atoms with Crippen LogP contribution >= 0.6 is 0 Å². The molecule has 1 N–H and O–H groups in total. The van der Waals surface area contributed by atoms with Crippen molar-refractivity contribution in [3.63, 3.8) is 0 Å².